The van der Waals surface area contributed by atoms with Crippen molar-refractivity contribution >= 4 is 38.5 Å². The van der Waals surface area contributed by atoms with Gasteiger partial charge in [-0.25, -0.2) is 13.8 Å². The van der Waals surface area contributed by atoms with E-state index in [9.17, 15) is 19.7 Å². The van der Waals surface area contributed by atoms with Gasteiger partial charge in [-0.05, 0) is 55.0 Å². The SMILES string of the molecule is CC[Si](CC)(CC)O[C@H]1[C@H](n2ccc(N)nc2=O)O[C@@](COP(=O)(C[C@@H](C)C(=O)OC(C)C)Oc2cccc3ccccc23)(N=[N+]=[N-])[C@H]1F. The summed E-state index contributed by atoms with van der Waals surface area (Å²) >= 11 is 0. The Morgan fingerprint density at radius 1 is 1.16 bits per heavy atom. The van der Waals surface area contributed by atoms with Crippen molar-refractivity contribution in [2.75, 3.05) is 18.5 Å². The summed E-state index contributed by atoms with van der Waals surface area (Å²) in [5.74, 6) is -1.49. The lowest BCUT2D eigenvalue weighted by molar-refractivity contribution is -0.151. The van der Waals surface area contributed by atoms with E-state index in [-0.39, 0.29) is 11.6 Å². The zero-order chi connectivity index (χ0) is 36.0. The van der Waals surface area contributed by atoms with Crippen LogP contribution in [0.25, 0.3) is 21.2 Å². The highest BCUT2D eigenvalue weighted by atomic mass is 31.2. The summed E-state index contributed by atoms with van der Waals surface area (Å²) in [5, 5.41) is 5.09. The fourth-order valence-corrected chi connectivity index (χ4v) is 10.5. The number of anilines is 1. The van der Waals surface area contributed by atoms with Crippen LogP contribution in [0.2, 0.25) is 18.1 Å². The highest BCUT2D eigenvalue weighted by molar-refractivity contribution is 7.54. The summed E-state index contributed by atoms with van der Waals surface area (Å²) in [6, 6.07) is 15.6. The molecule has 0 radical (unpaired) electrons. The van der Waals surface area contributed by atoms with E-state index in [1.54, 1.807) is 38.1 Å². The minimum absolute atomic E-state index is 0.0609. The van der Waals surface area contributed by atoms with Crippen molar-refractivity contribution < 1.29 is 36.7 Å². The Labute approximate surface area is 285 Å². The highest BCUT2D eigenvalue weighted by Gasteiger charge is 2.60. The van der Waals surface area contributed by atoms with Crippen LogP contribution in [0, 0.1) is 5.92 Å². The van der Waals surface area contributed by atoms with E-state index >= 15 is 4.39 Å². The molecule has 17 heteroatoms. The van der Waals surface area contributed by atoms with Gasteiger partial charge < -0.3 is 24.2 Å². The number of hydrogen-bond acceptors (Lipinski definition) is 11. The van der Waals surface area contributed by atoms with E-state index < -0.39 is 76.6 Å². The topological polar surface area (TPSA) is 190 Å². The molecule has 266 valence electrons. The fourth-order valence-electron chi connectivity index (χ4n) is 5.77. The van der Waals surface area contributed by atoms with E-state index in [4.69, 9.17) is 28.7 Å². The number of fused-ring (bicyclic) bond motifs is 1. The van der Waals surface area contributed by atoms with Crippen molar-refractivity contribution in [1.82, 2.24) is 9.55 Å². The maximum atomic E-state index is 17.0. The predicted molar refractivity (Wildman–Crippen MR) is 185 cm³/mol. The maximum Gasteiger partial charge on any atom is 0.380 e. The molecule has 0 amide bonds. The lowest BCUT2D eigenvalue weighted by Gasteiger charge is -2.34. The standard InChI is InChI=1S/C32H44FN6O8PSi/c1-7-49(8-2,9-3)47-27-28(33)32(37-38-35,45-29(27)39-18-17-26(34)36-31(39)41)20-43-48(42,19-22(6)30(40)44-21(4)5)46-25-16-12-14-23-13-10-11-15-24(23)25/h10-18,21-22,27-29H,7-9,19-20H2,1-6H3,(H2,34,36,41)/t22-,27-,28+,29-,32-,48?/m1/s1. The van der Waals surface area contributed by atoms with Crippen molar-refractivity contribution in [3.8, 4) is 5.75 Å². The maximum absolute atomic E-state index is 17.0. The number of hydrogen-bond donors (Lipinski definition) is 1. The van der Waals surface area contributed by atoms with Gasteiger partial charge in [0, 0.05) is 16.5 Å². The Bertz CT molecular complexity index is 1770. The number of benzene rings is 2. The second-order valence-electron chi connectivity index (χ2n) is 12.3. The van der Waals surface area contributed by atoms with Gasteiger partial charge in [0.25, 0.3) is 0 Å². The molecular weight excluding hydrogens is 674 g/mol. The molecule has 0 spiro atoms. The average Bonchev–Trinajstić information content (AvgIpc) is 3.32. The number of alkyl halides is 1. The predicted octanol–water partition coefficient (Wildman–Crippen LogP) is 7.12. The Morgan fingerprint density at radius 2 is 1.84 bits per heavy atom. The lowest BCUT2D eigenvalue weighted by Crippen LogP contribution is -2.48. The lowest BCUT2D eigenvalue weighted by atomic mass is 10.1. The zero-order valence-electron chi connectivity index (χ0n) is 28.5. The Balaban J connectivity index is 1.77. The van der Waals surface area contributed by atoms with E-state index in [0.29, 0.717) is 23.5 Å². The minimum Gasteiger partial charge on any atom is -0.463 e. The van der Waals surface area contributed by atoms with Gasteiger partial charge in [-0.3, -0.25) is 13.9 Å². The Morgan fingerprint density at radius 3 is 2.47 bits per heavy atom. The molecule has 0 bridgehead atoms. The number of halogens is 1. The first-order valence-corrected chi connectivity index (χ1v) is 20.5. The normalized spacial score (nSPS) is 22.7. The molecule has 0 aliphatic carbocycles. The molecule has 1 fully saturated rings. The van der Waals surface area contributed by atoms with Crippen molar-refractivity contribution in [3.05, 3.63) is 75.7 Å². The van der Waals surface area contributed by atoms with Crippen LogP contribution >= 0.6 is 7.60 Å². The third kappa shape index (κ3) is 8.51. The number of nitrogens with two attached hydrogens (primary N) is 1. The largest absolute Gasteiger partial charge is 0.463 e. The molecule has 49 heavy (non-hydrogen) atoms. The van der Waals surface area contributed by atoms with Gasteiger partial charge >= 0.3 is 19.3 Å². The van der Waals surface area contributed by atoms with Crippen molar-refractivity contribution in [3.63, 3.8) is 0 Å². The van der Waals surface area contributed by atoms with Crippen LogP contribution in [-0.2, 0) is 27.8 Å². The van der Waals surface area contributed by atoms with Gasteiger partial charge in [0.1, 0.15) is 17.7 Å². The van der Waals surface area contributed by atoms with Crippen LogP contribution in [-0.4, -0.2) is 60.7 Å². The summed E-state index contributed by atoms with van der Waals surface area (Å²) in [6.07, 6.45) is -4.72. The average molecular weight is 719 g/mol. The molecular formula is C32H44FN6O8PSi. The van der Waals surface area contributed by atoms with E-state index in [0.717, 1.165) is 9.95 Å². The van der Waals surface area contributed by atoms with Gasteiger partial charge in [0.05, 0.1) is 24.8 Å². The number of aromatic nitrogens is 2. The second-order valence-corrected chi connectivity index (χ2v) is 19.1. The summed E-state index contributed by atoms with van der Waals surface area (Å²) in [4.78, 5) is 32.4. The number of rotatable bonds is 16. The molecule has 1 aliphatic heterocycles. The summed E-state index contributed by atoms with van der Waals surface area (Å²) in [6.45, 7) is 9.79. The molecule has 4 rings (SSSR count). The number of carbonyl (C=O) groups is 1. The molecule has 1 aromatic heterocycles. The van der Waals surface area contributed by atoms with Crippen LogP contribution in [0.5, 0.6) is 5.75 Å². The minimum atomic E-state index is -4.39. The highest BCUT2D eigenvalue weighted by Crippen LogP contribution is 2.54. The van der Waals surface area contributed by atoms with E-state index in [1.807, 2.05) is 39.0 Å². The number of carbonyl (C=O) groups excluding carboxylic acids is 1. The van der Waals surface area contributed by atoms with Crippen LogP contribution in [0.3, 0.4) is 0 Å². The molecule has 1 unspecified atom stereocenters. The van der Waals surface area contributed by atoms with Crippen LogP contribution in [0.1, 0.15) is 47.8 Å². The number of nitrogens with zero attached hydrogens (tertiary/aromatic N) is 5. The monoisotopic (exact) mass is 718 g/mol. The molecule has 0 saturated carbocycles. The Kier molecular flexibility index (Phi) is 12.3. The molecule has 3 aromatic rings. The summed E-state index contributed by atoms with van der Waals surface area (Å²) in [7, 11) is -6.97. The first kappa shape index (κ1) is 38.0. The molecule has 14 nitrogen and oxygen atoms in total. The number of azide groups is 1. The third-order valence-electron chi connectivity index (χ3n) is 8.69. The first-order chi connectivity index (χ1) is 23.2. The van der Waals surface area contributed by atoms with Crippen molar-refractivity contribution in [2.45, 2.75) is 90.0 Å². The van der Waals surface area contributed by atoms with Gasteiger partial charge in [0.2, 0.25) is 5.72 Å². The zero-order valence-corrected chi connectivity index (χ0v) is 30.4. The number of nitrogen functional groups attached to an aromatic ring is 1. The molecule has 6 atom stereocenters. The Hall–Kier alpha value is -3.78. The first-order valence-electron chi connectivity index (χ1n) is 16.3. The van der Waals surface area contributed by atoms with Gasteiger partial charge in [-0.2, -0.15) is 4.98 Å². The van der Waals surface area contributed by atoms with Gasteiger partial charge in [-0.15, -0.1) is 0 Å². The molecule has 2 aromatic carbocycles. The van der Waals surface area contributed by atoms with E-state index in [1.165, 1.54) is 19.2 Å². The second kappa shape index (κ2) is 15.8. The van der Waals surface area contributed by atoms with Crippen LogP contribution < -0.4 is 15.9 Å². The third-order valence-corrected chi connectivity index (χ3v) is 15.3. The molecule has 2 heterocycles. The van der Waals surface area contributed by atoms with E-state index in [2.05, 4.69) is 15.0 Å². The van der Waals surface area contributed by atoms with Crippen LogP contribution in [0.4, 0.5) is 10.2 Å². The molecule has 1 saturated heterocycles. The molecule has 2 N–H and O–H groups in total. The molecule has 1 aliphatic rings. The smallest absolute Gasteiger partial charge is 0.380 e. The summed E-state index contributed by atoms with van der Waals surface area (Å²) < 4.78 is 62.6. The number of esters is 1. The summed E-state index contributed by atoms with van der Waals surface area (Å²) in [5.41, 5.74) is 12.1. The van der Waals surface area contributed by atoms with Gasteiger partial charge in [-0.1, -0.05) is 69.2 Å². The van der Waals surface area contributed by atoms with Gasteiger partial charge in [0.15, 0.2) is 20.7 Å². The fraction of sp³-hybridized carbons (Fsp3) is 0.531. The van der Waals surface area contributed by atoms with Crippen molar-refractivity contribution in [1.29, 1.82) is 0 Å². The van der Waals surface area contributed by atoms with Crippen molar-refractivity contribution in [2.24, 2.45) is 11.0 Å². The van der Waals surface area contributed by atoms with Crippen LogP contribution in [0.15, 0.2) is 64.6 Å². The quantitative estimate of drug-likeness (QED) is 0.0398. The number of ether oxygens (including phenoxy) is 2.